The normalized spacial score (nSPS) is 18.0. The molecule has 1 aromatic rings. The van der Waals surface area contributed by atoms with Crippen LogP contribution in [0.5, 0.6) is 5.75 Å². The van der Waals surface area contributed by atoms with E-state index in [0.29, 0.717) is 13.2 Å². The minimum atomic E-state index is -0.120. The van der Waals surface area contributed by atoms with Gasteiger partial charge in [-0.15, -0.1) is 0 Å². The molecule has 0 spiro atoms. The highest BCUT2D eigenvalue weighted by Gasteiger charge is 2.34. The van der Waals surface area contributed by atoms with Gasteiger partial charge in [0.1, 0.15) is 5.75 Å². The molecule has 1 unspecified atom stereocenters. The number of hydrogen-bond acceptors (Lipinski definition) is 4. The second kappa shape index (κ2) is 7.22. The molecular formula is C16H23N3O2. The first kappa shape index (κ1) is 15.5. The lowest BCUT2D eigenvalue weighted by Crippen LogP contribution is -2.27. The third kappa shape index (κ3) is 3.42. The molecule has 0 fully saturated rings. The van der Waals surface area contributed by atoms with E-state index in [-0.39, 0.29) is 11.8 Å². The van der Waals surface area contributed by atoms with Crippen molar-refractivity contribution < 1.29 is 9.53 Å². The summed E-state index contributed by atoms with van der Waals surface area (Å²) in [6, 6.07) is 7.46. The molecule has 2 N–H and O–H groups in total. The number of nitrogens with zero attached hydrogens (tertiary/aromatic N) is 2. The summed E-state index contributed by atoms with van der Waals surface area (Å²) in [6.45, 7) is 5.20. The predicted molar refractivity (Wildman–Crippen MR) is 84.6 cm³/mol. The first-order chi connectivity index (χ1) is 10.2. The molecule has 5 nitrogen and oxygen atoms in total. The van der Waals surface area contributed by atoms with Gasteiger partial charge in [0.25, 0.3) is 5.91 Å². The van der Waals surface area contributed by atoms with Gasteiger partial charge >= 0.3 is 0 Å². The molecule has 21 heavy (non-hydrogen) atoms. The predicted octanol–water partition coefficient (Wildman–Crippen LogP) is 2.55. The fraction of sp³-hybridized carbons (Fsp3) is 0.500. The van der Waals surface area contributed by atoms with Gasteiger partial charge in [-0.05, 0) is 57.0 Å². The zero-order valence-corrected chi connectivity index (χ0v) is 12.7. The van der Waals surface area contributed by atoms with Crippen molar-refractivity contribution in [3.63, 3.8) is 0 Å². The number of hydrogen-bond donors (Lipinski definition) is 1. The van der Waals surface area contributed by atoms with E-state index in [4.69, 9.17) is 10.5 Å². The van der Waals surface area contributed by atoms with Crippen molar-refractivity contribution in [2.45, 2.75) is 33.1 Å². The van der Waals surface area contributed by atoms with Gasteiger partial charge in [-0.1, -0.05) is 6.92 Å². The Morgan fingerprint density at radius 3 is 2.57 bits per heavy atom. The van der Waals surface area contributed by atoms with Gasteiger partial charge in [-0.2, -0.15) is 5.10 Å². The Kier molecular flexibility index (Phi) is 5.33. The quantitative estimate of drug-likeness (QED) is 0.838. The van der Waals surface area contributed by atoms with Gasteiger partial charge in [-0.3, -0.25) is 4.79 Å². The molecular weight excluding hydrogens is 266 g/mol. The Hall–Kier alpha value is -1.88. The van der Waals surface area contributed by atoms with E-state index in [2.05, 4.69) is 5.10 Å². The first-order valence-electron chi connectivity index (χ1n) is 7.55. The number of anilines is 1. The van der Waals surface area contributed by atoms with Crippen LogP contribution in [-0.4, -0.2) is 24.8 Å². The van der Waals surface area contributed by atoms with Gasteiger partial charge in [0.15, 0.2) is 0 Å². The van der Waals surface area contributed by atoms with Crippen LogP contribution in [0.1, 0.15) is 33.1 Å². The summed E-state index contributed by atoms with van der Waals surface area (Å²) < 4.78 is 5.41. The maximum absolute atomic E-state index is 12.5. The molecule has 0 saturated carbocycles. The summed E-state index contributed by atoms with van der Waals surface area (Å²) in [7, 11) is 0. The number of rotatable bonds is 7. The van der Waals surface area contributed by atoms with E-state index < -0.39 is 0 Å². The van der Waals surface area contributed by atoms with E-state index >= 15 is 0 Å². The second-order valence-corrected chi connectivity index (χ2v) is 5.01. The van der Waals surface area contributed by atoms with E-state index in [0.717, 1.165) is 36.4 Å². The maximum Gasteiger partial charge on any atom is 0.256 e. The van der Waals surface area contributed by atoms with Crippen molar-refractivity contribution in [3.05, 3.63) is 24.3 Å². The van der Waals surface area contributed by atoms with Crippen LogP contribution in [0.4, 0.5) is 5.69 Å². The highest BCUT2D eigenvalue weighted by atomic mass is 16.5. The van der Waals surface area contributed by atoms with Crippen molar-refractivity contribution in [1.29, 1.82) is 0 Å². The molecule has 0 radical (unpaired) electrons. The zero-order valence-electron chi connectivity index (χ0n) is 12.7. The van der Waals surface area contributed by atoms with Crippen molar-refractivity contribution in [3.8, 4) is 5.75 Å². The number of benzene rings is 1. The Balaban J connectivity index is 2.16. The van der Waals surface area contributed by atoms with Crippen LogP contribution in [0.2, 0.25) is 0 Å². The number of nitrogens with two attached hydrogens (primary N) is 1. The Morgan fingerprint density at radius 2 is 2.00 bits per heavy atom. The number of carbonyl (C=O) groups is 1. The molecule has 1 aliphatic rings. The van der Waals surface area contributed by atoms with Crippen LogP contribution < -0.4 is 15.5 Å². The zero-order chi connectivity index (χ0) is 15.2. The molecule has 0 bridgehead atoms. The summed E-state index contributed by atoms with van der Waals surface area (Å²) in [5.41, 5.74) is 7.28. The van der Waals surface area contributed by atoms with Gasteiger partial charge in [-0.25, -0.2) is 5.01 Å². The monoisotopic (exact) mass is 289 g/mol. The molecule has 5 heteroatoms. The number of ether oxygens (including phenoxy) is 1. The number of carbonyl (C=O) groups excluding carboxylic acids is 1. The van der Waals surface area contributed by atoms with E-state index in [1.165, 1.54) is 5.01 Å². The third-order valence-corrected chi connectivity index (χ3v) is 3.59. The smallest absolute Gasteiger partial charge is 0.256 e. The van der Waals surface area contributed by atoms with Gasteiger partial charge < -0.3 is 10.5 Å². The molecule has 0 aromatic heterocycles. The molecule has 1 heterocycles. The average Bonchev–Trinajstić information content (AvgIpc) is 2.82. The summed E-state index contributed by atoms with van der Waals surface area (Å²) in [6.07, 6.45) is 2.40. The van der Waals surface area contributed by atoms with Crippen molar-refractivity contribution in [1.82, 2.24) is 0 Å². The van der Waals surface area contributed by atoms with Crippen molar-refractivity contribution in [2.24, 2.45) is 16.8 Å². The third-order valence-electron chi connectivity index (χ3n) is 3.59. The lowest BCUT2D eigenvalue weighted by atomic mass is 9.96. The van der Waals surface area contributed by atoms with Gasteiger partial charge in [0.05, 0.1) is 23.9 Å². The largest absolute Gasteiger partial charge is 0.494 e. The van der Waals surface area contributed by atoms with Crippen molar-refractivity contribution in [2.75, 3.05) is 18.2 Å². The SMILES string of the molecule is CCOc1ccc(N2N=C(CC)C(CCCN)C2=O)cc1. The van der Waals surface area contributed by atoms with Gasteiger partial charge in [0, 0.05) is 0 Å². The molecule has 0 saturated heterocycles. The fourth-order valence-corrected chi connectivity index (χ4v) is 2.50. The second-order valence-electron chi connectivity index (χ2n) is 5.01. The number of hydrazone groups is 1. The van der Waals surface area contributed by atoms with Crippen LogP contribution in [0.15, 0.2) is 29.4 Å². The van der Waals surface area contributed by atoms with Crippen molar-refractivity contribution >= 4 is 17.3 Å². The van der Waals surface area contributed by atoms with Crippen LogP contribution in [0.25, 0.3) is 0 Å². The molecule has 1 amide bonds. The van der Waals surface area contributed by atoms with Crippen LogP contribution in [0.3, 0.4) is 0 Å². The topological polar surface area (TPSA) is 67.9 Å². The number of amides is 1. The Morgan fingerprint density at radius 1 is 1.29 bits per heavy atom. The maximum atomic E-state index is 12.5. The molecule has 114 valence electrons. The standard InChI is InChI=1S/C16H23N3O2/c1-3-15-14(6-5-11-17)16(20)19(18-15)12-7-9-13(10-8-12)21-4-2/h7-10,14H,3-6,11,17H2,1-2H3. The summed E-state index contributed by atoms with van der Waals surface area (Å²) in [4.78, 5) is 12.5. The van der Waals surface area contributed by atoms with Crippen LogP contribution in [0, 0.1) is 5.92 Å². The van der Waals surface area contributed by atoms with E-state index in [1.807, 2.05) is 38.1 Å². The van der Waals surface area contributed by atoms with E-state index in [9.17, 15) is 4.79 Å². The molecule has 1 atom stereocenters. The van der Waals surface area contributed by atoms with Crippen LogP contribution >= 0.6 is 0 Å². The Labute approximate surface area is 125 Å². The van der Waals surface area contributed by atoms with Crippen LogP contribution in [-0.2, 0) is 4.79 Å². The lowest BCUT2D eigenvalue weighted by molar-refractivity contribution is -0.119. The van der Waals surface area contributed by atoms with Gasteiger partial charge in [0.2, 0.25) is 0 Å². The fourth-order valence-electron chi connectivity index (χ4n) is 2.50. The summed E-state index contributed by atoms with van der Waals surface area (Å²) >= 11 is 0. The highest BCUT2D eigenvalue weighted by molar-refractivity contribution is 6.15. The highest BCUT2D eigenvalue weighted by Crippen LogP contribution is 2.28. The summed E-state index contributed by atoms with van der Waals surface area (Å²) in [5, 5.41) is 6.00. The molecule has 0 aliphatic carbocycles. The lowest BCUT2D eigenvalue weighted by Gasteiger charge is -2.14. The van der Waals surface area contributed by atoms with E-state index in [1.54, 1.807) is 0 Å². The summed E-state index contributed by atoms with van der Waals surface area (Å²) in [5.74, 6) is 0.724. The average molecular weight is 289 g/mol. The Bertz CT molecular complexity index is 511. The molecule has 2 rings (SSSR count). The molecule has 1 aromatic carbocycles. The minimum Gasteiger partial charge on any atom is -0.494 e. The first-order valence-corrected chi connectivity index (χ1v) is 7.55. The molecule has 1 aliphatic heterocycles. The minimum absolute atomic E-state index is 0.0458.